The lowest BCUT2D eigenvalue weighted by Gasteiger charge is -2.22. The van der Waals surface area contributed by atoms with Gasteiger partial charge in [0.2, 0.25) is 13.1 Å². The summed E-state index contributed by atoms with van der Waals surface area (Å²) < 4.78 is 43.7. The number of methoxy groups -OCH3 is 1. The van der Waals surface area contributed by atoms with E-state index < -0.39 is 23.0 Å². The summed E-state index contributed by atoms with van der Waals surface area (Å²) in [5.74, 6) is -1.60. The SMILES string of the molecule is COC1CCC1.C[N+](O)(CO)CNC=O.Fc1ccc(-c2cc3cc(F)cc(F)c3[nH]2)cc1. The van der Waals surface area contributed by atoms with E-state index in [2.05, 4.69) is 10.3 Å². The molecule has 1 atom stereocenters. The molecule has 1 heterocycles. The molecule has 0 saturated heterocycles. The standard InChI is InChI=1S/C14H8F3N.C5H10O.C4H10N2O3/c15-10-3-1-8(2-4-10)13-6-9-5-11(16)7-12(17)14(9)18-13;1-6-5-3-2-4-5;1-6(9,4-8)2-5-3-7/h1-7,18H;5H,2-4H2,1H3;3,8-9H,2,4H2,1H3/p+1. The fourth-order valence-corrected chi connectivity index (χ4v) is 2.84. The van der Waals surface area contributed by atoms with Crippen molar-refractivity contribution in [3.63, 3.8) is 0 Å². The van der Waals surface area contributed by atoms with Crippen LogP contribution in [0.3, 0.4) is 0 Å². The van der Waals surface area contributed by atoms with E-state index in [1.807, 2.05) is 0 Å². The number of halogens is 3. The summed E-state index contributed by atoms with van der Waals surface area (Å²) in [5, 5.41) is 20.0. The molecule has 1 unspecified atom stereocenters. The van der Waals surface area contributed by atoms with Crippen molar-refractivity contribution in [3.8, 4) is 11.3 Å². The highest BCUT2D eigenvalue weighted by atomic mass is 19.1. The Hall–Kier alpha value is -2.92. The quantitative estimate of drug-likeness (QED) is 0.191. The summed E-state index contributed by atoms with van der Waals surface area (Å²) >= 11 is 0. The van der Waals surface area contributed by atoms with E-state index >= 15 is 0 Å². The van der Waals surface area contributed by atoms with Gasteiger partial charge in [-0.25, -0.2) is 18.4 Å². The van der Waals surface area contributed by atoms with Crippen LogP contribution in [-0.2, 0) is 9.53 Å². The summed E-state index contributed by atoms with van der Waals surface area (Å²) in [6, 6.07) is 9.50. The topological polar surface area (TPSA) is 94.6 Å². The zero-order chi connectivity index (χ0) is 24.4. The average Bonchev–Trinajstić information content (AvgIpc) is 3.17. The number of fused-ring (bicyclic) bond motifs is 1. The maximum absolute atomic E-state index is 13.5. The Morgan fingerprint density at radius 2 is 1.82 bits per heavy atom. The number of quaternary nitrogens is 1. The molecule has 0 bridgehead atoms. The number of rotatable bonds is 6. The highest BCUT2D eigenvalue weighted by molar-refractivity contribution is 5.86. The Labute approximate surface area is 190 Å². The molecule has 1 aliphatic rings. The van der Waals surface area contributed by atoms with E-state index in [4.69, 9.17) is 15.1 Å². The number of hydrogen-bond donors (Lipinski definition) is 4. The van der Waals surface area contributed by atoms with Gasteiger partial charge in [0, 0.05) is 24.3 Å². The zero-order valence-electron chi connectivity index (χ0n) is 18.5. The Morgan fingerprint density at radius 3 is 2.30 bits per heavy atom. The molecule has 10 heteroatoms. The predicted molar refractivity (Wildman–Crippen MR) is 117 cm³/mol. The van der Waals surface area contributed by atoms with Gasteiger partial charge in [-0.15, -0.1) is 4.65 Å². The normalized spacial score (nSPS) is 14.8. The monoisotopic (exact) mass is 468 g/mol. The van der Waals surface area contributed by atoms with Crippen LogP contribution >= 0.6 is 0 Å². The van der Waals surface area contributed by atoms with E-state index in [1.165, 1.54) is 44.5 Å². The summed E-state index contributed by atoms with van der Waals surface area (Å²) in [5.41, 5.74) is 1.58. The first kappa shape index (κ1) is 26.3. The number of aliphatic hydroxyl groups excluding tert-OH is 1. The number of amides is 1. The Bertz CT molecular complexity index is 1020. The number of nitrogens with one attached hydrogen (secondary N) is 2. The van der Waals surface area contributed by atoms with Crippen molar-refractivity contribution in [2.75, 3.05) is 27.6 Å². The number of nitrogens with zero attached hydrogens (tertiary/aromatic N) is 1. The van der Waals surface area contributed by atoms with Crippen LogP contribution in [0.15, 0.2) is 42.5 Å². The first-order valence-corrected chi connectivity index (χ1v) is 10.3. The minimum Gasteiger partial charge on any atom is -0.381 e. The van der Waals surface area contributed by atoms with E-state index in [0.29, 0.717) is 29.2 Å². The zero-order valence-corrected chi connectivity index (χ0v) is 18.5. The number of aromatic amines is 1. The number of H-pyrrole nitrogens is 1. The number of benzene rings is 2. The fraction of sp³-hybridized carbons (Fsp3) is 0.348. The highest BCUT2D eigenvalue weighted by Crippen LogP contribution is 2.26. The Morgan fingerprint density at radius 1 is 1.15 bits per heavy atom. The second-order valence-electron chi connectivity index (χ2n) is 7.79. The average molecular weight is 468 g/mol. The van der Waals surface area contributed by atoms with Crippen LogP contribution in [0.2, 0.25) is 0 Å². The number of carbonyl (C=O) groups excluding carboxylic acids is 1. The molecule has 4 rings (SSSR count). The molecule has 0 spiro atoms. The number of hydroxylamine groups is 3. The molecule has 1 saturated carbocycles. The van der Waals surface area contributed by atoms with Crippen molar-refractivity contribution >= 4 is 17.3 Å². The van der Waals surface area contributed by atoms with Gasteiger partial charge in [0.1, 0.15) is 24.5 Å². The molecular formula is C23H29F3N3O4+. The third kappa shape index (κ3) is 8.17. The minimum atomic E-state index is -0.640. The van der Waals surface area contributed by atoms with Crippen molar-refractivity contribution in [3.05, 3.63) is 59.9 Å². The van der Waals surface area contributed by atoms with Gasteiger partial charge >= 0.3 is 0 Å². The summed E-state index contributed by atoms with van der Waals surface area (Å²) in [6.45, 7) is -0.402. The van der Waals surface area contributed by atoms with Gasteiger partial charge in [-0.05, 0) is 61.2 Å². The van der Waals surface area contributed by atoms with E-state index in [0.717, 1.165) is 6.07 Å². The summed E-state index contributed by atoms with van der Waals surface area (Å²) in [7, 11) is 3.15. The summed E-state index contributed by atoms with van der Waals surface area (Å²) in [4.78, 5) is 12.5. The smallest absolute Gasteiger partial charge is 0.211 e. The van der Waals surface area contributed by atoms with Gasteiger partial charge in [-0.3, -0.25) is 4.79 Å². The van der Waals surface area contributed by atoms with Gasteiger partial charge in [0.05, 0.1) is 11.6 Å². The van der Waals surface area contributed by atoms with E-state index in [-0.39, 0.29) is 18.0 Å². The van der Waals surface area contributed by atoms with Crippen LogP contribution in [-0.4, -0.2) is 60.0 Å². The van der Waals surface area contributed by atoms with Crippen molar-refractivity contribution in [1.29, 1.82) is 0 Å². The van der Waals surface area contributed by atoms with Crippen molar-refractivity contribution < 1.29 is 37.7 Å². The molecule has 0 aliphatic heterocycles. The van der Waals surface area contributed by atoms with Crippen LogP contribution in [0, 0.1) is 17.5 Å². The lowest BCUT2D eigenvalue weighted by molar-refractivity contribution is -1.10. The number of ether oxygens (including phenoxy) is 1. The number of aromatic nitrogens is 1. The molecular weight excluding hydrogens is 439 g/mol. The molecule has 33 heavy (non-hydrogen) atoms. The molecule has 1 amide bonds. The Balaban J connectivity index is 0.000000214. The number of hydrogen-bond acceptors (Lipinski definition) is 4. The van der Waals surface area contributed by atoms with Crippen molar-refractivity contribution in [1.82, 2.24) is 10.3 Å². The van der Waals surface area contributed by atoms with Gasteiger partial charge in [0.25, 0.3) is 0 Å². The molecule has 3 aromatic rings. The maximum Gasteiger partial charge on any atom is 0.211 e. The molecule has 7 nitrogen and oxygen atoms in total. The molecule has 2 aromatic carbocycles. The van der Waals surface area contributed by atoms with Crippen LogP contribution in [0.5, 0.6) is 0 Å². The van der Waals surface area contributed by atoms with Crippen LogP contribution in [0.1, 0.15) is 19.3 Å². The summed E-state index contributed by atoms with van der Waals surface area (Å²) in [6.07, 6.45) is 5.03. The molecule has 0 radical (unpaired) electrons. The Kier molecular flexibility index (Phi) is 9.86. The first-order chi connectivity index (χ1) is 15.7. The van der Waals surface area contributed by atoms with Gasteiger partial charge < -0.3 is 20.1 Å². The molecule has 1 fully saturated rings. The van der Waals surface area contributed by atoms with E-state index in [1.54, 1.807) is 25.3 Å². The molecule has 1 aliphatic carbocycles. The molecule has 1 aromatic heterocycles. The van der Waals surface area contributed by atoms with Gasteiger partial charge in [0.15, 0.2) is 6.67 Å². The predicted octanol–water partition coefficient (Wildman–Crippen LogP) is 3.91. The van der Waals surface area contributed by atoms with Gasteiger partial charge in [-0.2, -0.15) is 0 Å². The number of carbonyl (C=O) groups is 1. The lowest BCUT2D eigenvalue weighted by Crippen LogP contribution is -2.47. The first-order valence-electron chi connectivity index (χ1n) is 10.3. The molecule has 180 valence electrons. The highest BCUT2D eigenvalue weighted by Gasteiger charge is 2.15. The second kappa shape index (κ2) is 12.4. The lowest BCUT2D eigenvalue weighted by atomic mass is 9.96. The molecule has 4 N–H and O–H groups in total. The fourth-order valence-electron chi connectivity index (χ4n) is 2.84. The second-order valence-corrected chi connectivity index (χ2v) is 7.79. The third-order valence-corrected chi connectivity index (χ3v) is 5.01. The minimum absolute atomic E-state index is 0.0139. The van der Waals surface area contributed by atoms with Gasteiger partial charge in [-0.1, -0.05) is 0 Å². The van der Waals surface area contributed by atoms with Crippen molar-refractivity contribution in [2.45, 2.75) is 25.4 Å². The maximum atomic E-state index is 13.5. The van der Waals surface area contributed by atoms with Crippen LogP contribution in [0.25, 0.3) is 22.2 Å². The third-order valence-electron chi connectivity index (χ3n) is 5.01. The van der Waals surface area contributed by atoms with Crippen LogP contribution < -0.4 is 5.32 Å². The van der Waals surface area contributed by atoms with E-state index in [9.17, 15) is 18.0 Å². The number of aliphatic hydroxyl groups is 1. The van der Waals surface area contributed by atoms with Crippen molar-refractivity contribution in [2.24, 2.45) is 0 Å². The largest absolute Gasteiger partial charge is 0.381 e. The van der Waals surface area contributed by atoms with Crippen LogP contribution in [0.4, 0.5) is 13.2 Å².